The molecule has 1 saturated heterocycles. The van der Waals surface area contributed by atoms with Gasteiger partial charge in [0.25, 0.3) is 0 Å². The zero-order valence-corrected chi connectivity index (χ0v) is 9.67. The summed E-state index contributed by atoms with van der Waals surface area (Å²) in [4.78, 5) is 21.3. The number of hydrogen-bond acceptors (Lipinski definition) is 5. The SMILES string of the molecule is Cc1cncc(CN2CCOCC2C(=O)O)n1. The summed E-state index contributed by atoms with van der Waals surface area (Å²) in [6.45, 7) is 3.75. The topological polar surface area (TPSA) is 75.6 Å². The van der Waals surface area contributed by atoms with Gasteiger partial charge in [0.15, 0.2) is 0 Å². The van der Waals surface area contributed by atoms with Crippen molar-refractivity contribution in [2.24, 2.45) is 0 Å². The third-order valence-electron chi connectivity index (χ3n) is 2.69. The van der Waals surface area contributed by atoms with Gasteiger partial charge in [-0.15, -0.1) is 0 Å². The monoisotopic (exact) mass is 237 g/mol. The van der Waals surface area contributed by atoms with E-state index in [-0.39, 0.29) is 6.61 Å². The second-order valence-corrected chi connectivity index (χ2v) is 4.05. The van der Waals surface area contributed by atoms with E-state index >= 15 is 0 Å². The maximum absolute atomic E-state index is 11.1. The molecule has 1 aliphatic rings. The molecule has 0 amide bonds. The fraction of sp³-hybridized carbons (Fsp3) is 0.545. The number of nitrogens with zero attached hydrogens (tertiary/aromatic N) is 3. The third kappa shape index (κ3) is 2.98. The fourth-order valence-electron chi connectivity index (χ4n) is 1.85. The van der Waals surface area contributed by atoms with E-state index in [4.69, 9.17) is 9.84 Å². The molecule has 1 N–H and O–H groups in total. The summed E-state index contributed by atoms with van der Waals surface area (Å²) in [5.41, 5.74) is 1.63. The molecule has 1 aromatic rings. The average Bonchev–Trinajstić information content (AvgIpc) is 2.29. The van der Waals surface area contributed by atoms with Gasteiger partial charge in [0.1, 0.15) is 6.04 Å². The van der Waals surface area contributed by atoms with Crippen LogP contribution in [0.1, 0.15) is 11.4 Å². The van der Waals surface area contributed by atoms with Crippen LogP contribution in [0.2, 0.25) is 0 Å². The van der Waals surface area contributed by atoms with Crippen LogP contribution in [-0.2, 0) is 16.1 Å². The molecule has 6 heteroatoms. The van der Waals surface area contributed by atoms with Crippen LogP contribution >= 0.6 is 0 Å². The number of ether oxygens (including phenoxy) is 1. The van der Waals surface area contributed by atoms with Crippen LogP contribution in [0.4, 0.5) is 0 Å². The number of morpholine rings is 1. The van der Waals surface area contributed by atoms with Gasteiger partial charge in [0.05, 0.1) is 24.6 Å². The number of aryl methyl sites for hydroxylation is 1. The van der Waals surface area contributed by atoms with Gasteiger partial charge in [-0.05, 0) is 6.92 Å². The van der Waals surface area contributed by atoms with Crippen molar-refractivity contribution in [3.63, 3.8) is 0 Å². The third-order valence-corrected chi connectivity index (χ3v) is 2.69. The highest BCUT2D eigenvalue weighted by atomic mass is 16.5. The van der Waals surface area contributed by atoms with E-state index in [0.29, 0.717) is 19.7 Å². The second-order valence-electron chi connectivity index (χ2n) is 4.05. The molecule has 1 atom stereocenters. The minimum absolute atomic E-state index is 0.231. The Balaban J connectivity index is 2.08. The lowest BCUT2D eigenvalue weighted by atomic mass is 10.2. The Morgan fingerprint density at radius 3 is 3.18 bits per heavy atom. The van der Waals surface area contributed by atoms with Gasteiger partial charge in [-0.25, -0.2) is 0 Å². The van der Waals surface area contributed by atoms with E-state index in [2.05, 4.69) is 9.97 Å². The first-order valence-electron chi connectivity index (χ1n) is 5.49. The smallest absolute Gasteiger partial charge is 0.323 e. The van der Waals surface area contributed by atoms with Gasteiger partial charge < -0.3 is 9.84 Å². The Hall–Kier alpha value is -1.53. The maximum atomic E-state index is 11.1. The molecule has 2 rings (SSSR count). The highest BCUT2D eigenvalue weighted by Gasteiger charge is 2.29. The van der Waals surface area contributed by atoms with Gasteiger partial charge in [-0.1, -0.05) is 0 Å². The van der Waals surface area contributed by atoms with E-state index in [9.17, 15) is 4.79 Å². The quantitative estimate of drug-likeness (QED) is 0.801. The molecule has 0 aromatic carbocycles. The summed E-state index contributed by atoms with van der Waals surface area (Å²) in [7, 11) is 0. The summed E-state index contributed by atoms with van der Waals surface area (Å²) < 4.78 is 5.18. The van der Waals surface area contributed by atoms with Crippen LogP contribution in [0.3, 0.4) is 0 Å². The molecule has 1 fully saturated rings. The molecule has 17 heavy (non-hydrogen) atoms. The first kappa shape index (κ1) is 11.9. The molecule has 1 aromatic heterocycles. The van der Waals surface area contributed by atoms with E-state index in [0.717, 1.165) is 11.4 Å². The van der Waals surface area contributed by atoms with Crippen molar-refractivity contribution in [2.45, 2.75) is 19.5 Å². The Kier molecular flexibility index (Phi) is 3.65. The molecular formula is C11H15N3O3. The van der Waals surface area contributed by atoms with Crippen molar-refractivity contribution >= 4 is 5.97 Å². The van der Waals surface area contributed by atoms with Gasteiger partial charge in [0.2, 0.25) is 0 Å². The molecular weight excluding hydrogens is 222 g/mol. The summed E-state index contributed by atoms with van der Waals surface area (Å²) in [5.74, 6) is -0.856. The van der Waals surface area contributed by atoms with Crippen molar-refractivity contribution in [3.05, 3.63) is 23.8 Å². The summed E-state index contributed by atoms with van der Waals surface area (Å²) in [6, 6.07) is -0.592. The first-order chi connectivity index (χ1) is 8.16. The van der Waals surface area contributed by atoms with E-state index < -0.39 is 12.0 Å². The predicted octanol–water partition coefficient (Wildman–Crippen LogP) is 0.0704. The van der Waals surface area contributed by atoms with Gasteiger partial charge in [0, 0.05) is 25.5 Å². The van der Waals surface area contributed by atoms with Crippen LogP contribution in [0, 0.1) is 6.92 Å². The Labute approximate surface area is 99.2 Å². The number of aliphatic carboxylic acids is 1. The number of carboxylic acid groups (broad SMARTS) is 1. The Morgan fingerprint density at radius 2 is 2.47 bits per heavy atom. The standard InChI is InChI=1S/C11H15N3O3/c1-8-4-12-5-9(13-8)6-14-2-3-17-7-10(14)11(15)16/h4-5,10H,2-3,6-7H2,1H3,(H,15,16). The number of carbonyl (C=O) groups is 1. The molecule has 0 aliphatic carbocycles. The van der Waals surface area contributed by atoms with Crippen molar-refractivity contribution < 1.29 is 14.6 Å². The van der Waals surface area contributed by atoms with Gasteiger partial charge in [-0.2, -0.15) is 0 Å². The van der Waals surface area contributed by atoms with Crippen molar-refractivity contribution in [3.8, 4) is 0 Å². The highest BCUT2D eigenvalue weighted by Crippen LogP contribution is 2.11. The first-order valence-corrected chi connectivity index (χ1v) is 5.49. The van der Waals surface area contributed by atoms with Gasteiger partial charge in [-0.3, -0.25) is 19.7 Å². The lowest BCUT2D eigenvalue weighted by Crippen LogP contribution is -2.49. The normalized spacial score (nSPS) is 21.4. The predicted molar refractivity (Wildman–Crippen MR) is 59.4 cm³/mol. The van der Waals surface area contributed by atoms with Crippen LogP contribution < -0.4 is 0 Å². The minimum Gasteiger partial charge on any atom is -0.480 e. The Bertz CT molecular complexity index is 411. The van der Waals surface area contributed by atoms with Crippen LogP contribution in [-0.4, -0.2) is 51.7 Å². The number of hydrogen-bond donors (Lipinski definition) is 1. The number of carboxylic acids is 1. The van der Waals surface area contributed by atoms with Crippen molar-refractivity contribution in [1.82, 2.24) is 14.9 Å². The van der Waals surface area contributed by atoms with Gasteiger partial charge >= 0.3 is 5.97 Å². The van der Waals surface area contributed by atoms with Crippen molar-refractivity contribution in [1.29, 1.82) is 0 Å². The van der Waals surface area contributed by atoms with E-state index in [1.807, 2.05) is 11.8 Å². The van der Waals surface area contributed by atoms with E-state index in [1.54, 1.807) is 12.4 Å². The van der Waals surface area contributed by atoms with Crippen LogP contribution in [0.15, 0.2) is 12.4 Å². The Morgan fingerprint density at radius 1 is 1.65 bits per heavy atom. The molecule has 0 radical (unpaired) electrons. The molecule has 1 aliphatic heterocycles. The minimum atomic E-state index is -0.856. The zero-order chi connectivity index (χ0) is 12.3. The lowest BCUT2D eigenvalue weighted by molar-refractivity contribution is -0.150. The van der Waals surface area contributed by atoms with E-state index in [1.165, 1.54) is 0 Å². The highest BCUT2D eigenvalue weighted by molar-refractivity contribution is 5.73. The molecule has 92 valence electrons. The second kappa shape index (κ2) is 5.20. The number of aromatic nitrogens is 2. The molecule has 1 unspecified atom stereocenters. The molecule has 0 bridgehead atoms. The summed E-state index contributed by atoms with van der Waals surface area (Å²) in [5, 5.41) is 9.08. The number of rotatable bonds is 3. The fourth-order valence-corrected chi connectivity index (χ4v) is 1.85. The maximum Gasteiger partial charge on any atom is 0.323 e. The van der Waals surface area contributed by atoms with Crippen molar-refractivity contribution in [2.75, 3.05) is 19.8 Å². The van der Waals surface area contributed by atoms with Crippen LogP contribution in [0.25, 0.3) is 0 Å². The summed E-state index contributed by atoms with van der Waals surface area (Å²) >= 11 is 0. The molecule has 6 nitrogen and oxygen atoms in total. The van der Waals surface area contributed by atoms with Crippen LogP contribution in [0.5, 0.6) is 0 Å². The largest absolute Gasteiger partial charge is 0.480 e. The molecule has 0 saturated carbocycles. The molecule has 0 spiro atoms. The lowest BCUT2D eigenvalue weighted by Gasteiger charge is -2.32. The summed E-state index contributed by atoms with van der Waals surface area (Å²) in [6.07, 6.45) is 3.35. The molecule has 2 heterocycles. The average molecular weight is 237 g/mol. The zero-order valence-electron chi connectivity index (χ0n) is 9.67.